The van der Waals surface area contributed by atoms with Crippen LogP contribution in [-0.4, -0.2) is 89.5 Å². The van der Waals surface area contributed by atoms with Gasteiger partial charge in [-0.25, -0.2) is 4.98 Å². The number of anilines is 1. The fourth-order valence-electron chi connectivity index (χ4n) is 2.07. The summed E-state index contributed by atoms with van der Waals surface area (Å²) in [6, 6.07) is 0. The number of amides is 2. The number of nitrogens with zero attached hydrogens (tertiary/aromatic N) is 3. The minimum atomic E-state index is -0.0290. The van der Waals surface area contributed by atoms with Crippen molar-refractivity contribution in [1.82, 2.24) is 25.9 Å². The number of ether oxygens (including phenoxy) is 2. The van der Waals surface area contributed by atoms with Crippen LogP contribution in [0.2, 0.25) is 5.28 Å². The number of halogens is 2. The van der Waals surface area contributed by atoms with Gasteiger partial charge >= 0.3 is 0 Å². The van der Waals surface area contributed by atoms with E-state index in [1.165, 1.54) is 0 Å². The second kappa shape index (κ2) is 18.3. The topological polar surface area (TPSA) is 118 Å². The maximum absolute atomic E-state index is 11.3. The number of aromatic nitrogens is 2. The Morgan fingerprint density at radius 2 is 1.70 bits per heavy atom. The molecule has 0 aromatic carbocycles. The predicted molar refractivity (Wildman–Crippen MR) is 121 cm³/mol. The Bertz CT molecular complexity index is 626. The molecule has 12 heteroatoms. The number of hydrogen-bond donors (Lipinski definition) is 3. The Morgan fingerprint density at radius 1 is 1.07 bits per heavy atom. The molecule has 0 saturated heterocycles. The van der Waals surface area contributed by atoms with Crippen molar-refractivity contribution >= 4 is 45.2 Å². The molecule has 0 saturated carbocycles. The maximum atomic E-state index is 11.3. The summed E-state index contributed by atoms with van der Waals surface area (Å²) in [5.74, 6) is 0.689. The quantitative estimate of drug-likeness (QED) is 0.263. The van der Waals surface area contributed by atoms with E-state index < -0.39 is 0 Å². The van der Waals surface area contributed by atoms with Crippen LogP contribution in [0.4, 0.5) is 5.82 Å². The van der Waals surface area contributed by atoms with Gasteiger partial charge in [0.2, 0.25) is 17.1 Å². The van der Waals surface area contributed by atoms with Gasteiger partial charge in [0.05, 0.1) is 17.7 Å². The summed E-state index contributed by atoms with van der Waals surface area (Å²) in [5.41, 5.74) is 0. The third-order valence-electron chi connectivity index (χ3n) is 3.74. The highest BCUT2D eigenvalue weighted by Gasteiger charge is 2.14. The zero-order chi connectivity index (χ0) is 22.8. The lowest BCUT2D eigenvalue weighted by atomic mass is 10.3. The van der Waals surface area contributed by atoms with Crippen LogP contribution in [0.3, 0.4) is 0 Å². The molecule has 1 rings (SSSR count). The van der Waals surface area contributed by atoms with Crippen LogP contribution in [0.25, 0.3) is 0 Å². The Labute approximate surface area is 191 Å². The SMILES string of the molecule is CNC(=O)CCN(CCOC)c1nc(Cl)ncc1Br.CNC(=O)CCNCCOC. The number of hydrogen-bond acceptors (Lipinski definition) is 8. The predicted octanol–water partition coefficient (Wildman–Crippen LogP) is 0.840. The van der Waals surface area contributed by atoms with Crippen molar-refractivity contribution in [2.45, 2.75) is 12.8 Å². The lowest BCUT2D eigenvalue weighted by Gasteiger charge is -2.24. The first kappa shape index (κ1) is 28.5. The largest absolute Gasteiger partial charge is 0.383 e. The average molecular weight is 512 g/mol. The standard InChI is InChI=1S/C11H16BrClN4O2.C7H16N2O2/c1-14-9(18)3-4-17(5-6-19-2)10-8(12)7-15-11(13)16-10;1-8-7(10)3-4-9-5-6-11-2/h7H,3-6H2,1-2H3,(H,14,18);9H,3-6H2,1-2H3,(H,8,10). The van der Waals surface area contributed by atoms with Gasteiger partial charge in [-0.15, -0.1) is 0 Å². The molecule has 10 nitrogen and oxygen atoms in total. The van der Waals surface area contributed by atoms with Gasteiger partial charge in [-0.3, -0.25) is 9.59 Å². The Morgan fingerprint density at radius 3 is 2.30 bits per heavy atom. The third kappa shape index (κ3) is 13.6. The van der Waals surface area contributed by atoms with Gasteiger partial charge < -0.3 is 30.3 Å². The zero-order valence-corrected chi connectivity index (χ0v) is 20.3. The normalized spacial score (nSPS) is 10.1. The summed E-state index contributed by atoms with van der Waals surface area (Å²) in [6.45, 7) is 3.86. The van der Waals surface area contributed by atoms with Gasteiger partial charge in [-0.2, -0.15) is 4.98 Å². The summed E-state index contributed by atoms with van der Waals surface area (Å²) < 4.78 is 10.6. The fourth-order valence-corrected chi connectivity index (χ4v) is 2.64. The summed E-state index contributed by atoms with van der Waals surface area (Å²) in [4.78, 5) is 32.0. The lowest BCUT2D eigenvalue weighted by Crippen LogP contribution is -2.32. The number of methoxy groups -OCH3 is 2. The van der Waals surface area contributed by atoms with Crippen molar-refractivity contribution in [2.75, 3.05) is 72.6 Å². The summed E-state index contributed by atoms with van der Waals surface area (Å²) in [6.07, 6.45) is 2.48. The molecular weight excluding hydrogens is 480 g/mol. The van der Waals surface area contributed by atoms with E-state index in [0.29, 0.717) is 51.5 Å². The van der Waals surface area contributed by atoms with Gasteiger partial charge in [-0.05, 0) is 27.5 Å². The number of carbonyl (C=O) groups is 2. The molecule has 0 fully saturated rings. The van der Waals surface area contributed by atoms with Crippen molar-refractivity contribution in [2.24, 2.45) is 0 Å². The molecule has 0 aliphatic heterocycles. The molecule has 172 valence electrons. The van der Waals surface area contributed by atoms with Crippen LogP contribution in [-0.2, 0) is 19.1 Å². The molecule has 3 N–H and O–H groups in total. The summed E-state index contributed by atoms with van der Waals surface area (Å²) in [5, 5.41) is 8.37. The minimum Gasteiger partial charge on any atom is -0.383 e. The van der Waals surface area contributed by atoms with Gasteiger partial charge in [-0.1, -0.05) is 0 Å². The van der Waals surface area contributed by atoms with E-state index in [0.717, 1.165) is 11.0 Å². The van der Waals surface area contributed by atoms with Crippen molar-refractivity contribution in [3.63, 3.8) is 0 Å². The van der Waals surface area contributed by atoms with Crippen molar-refractivity contribution in [1.29, 1.82) is 0 Å². The van der Waals surface area contributed by atoms with E-state index in [2.05, 4.69) is 41.8 Å². The Kier molecular flexibility index (Phi) is 17.3. The summed E-state index contributed by atoms with van der Waals surface area (Å²) >= 11 is 9.19. The third-order valence-corrected chi connectivity index (χ3v) is 4.48. The second-order valence-electron chi connectivity index (χ2n) is 5.88. The highest BCUT2D eigenvalue weighted by atomic mass is 79.9. The van der Waals surface area contributed by atoms with E-state index >= 15 is 0 Å². The first-order chi connectivity index (χ1) is 14.4. The van der Waals surface area contributed by atoms with E-state index in [9.17, 15) is 9.59 Å². The van der Waals surface area contributed by atoms with Crippen LogP contribution in [0.5, 0.6) is 0 Å². The number of rotatable bonds is 13. The molecule has 2 amide bonds. The molecule has 0 unspecified atom stereocenters. The van der Waals surface area contributed by atoms with Crippen molar-refractivity contribution in [3.05, 3.63) is 16.0 Å². The van der Waals surface area contributed by atoms with Crippen molar-refractivity contribution in [3.8, 4) is 0 Å². The molecule has 0 atom stereocenters. The van der Waals surface area contributed by atoms with Crippen LogP contribution in [0.15, 0.2) is 10.7 Å². The van der Waals surface area contributed by atoms with Crippen LogP contribution in [0, 0.1) is 0 Å². The summed E-state index contributed by atoms with van der Waals surface area (Å²) in [7, 11) is 6.52. The highest BCUT2D eigenvalue weighted by Crippen LogP contribution is 2.24. The average Bonchev–Trinajstić information content (AvgIpc) is 2.75. The first-order valence-corrected chi connectivity index (χ1v) is 10.6. The van der Waals surface area contributed by atoms with Gasteiger partial charge in [0.25, 0.3) is 0 Å². The number of nitrogens with one attached hydrogen (secondary N) is 3. The smallest absolute Gasteiger partial charge is 0.224 e. The highest BCUT2D eigenvalue weighted by molar-refractivity contribution is 9.10. The molecule has 0 radical (unpaired) electrons. The van der Waals surface area contributed by atoms with Gasteiger partial charge in [0, 0.05) is 73.5 Å². The van der Waals surface area contributed by atoms with Gasteiger partial charge in [0.15, 0.2) is 0 Å². The molecule has 1 aromatic heterocycles. The molecule has 30 heavy (non-hydrogen) atoms. The molecular formula is C18H32BrClN6O4. The molecule has 0 spiro atoms. The van der Waals surface area contributed by atoms with Crippen LogP contribution >= 0.6 is 27.5 Å². The maximum Gasteiger partial charge on any atom is 0.224 e. The Balaban J connectivity index is 0.000000654. The van der Waals surface area contributed by atoms with E-state index in [4.69, 9.17) is 21.1 Å². The first-order valence-electron chi connectivity index (χ1n) is 9.42. The van der Waals surface area contributed by atoms with Crippen molar-refractivity contribution < 1.29 is 19.1 Å². The molecule has 0 aliphatic carbocycles. The molecule has 1 aromatic rings. The van der Waals surface area contributed by atoms with Gasteiger partial charge in [0.1, 0.15) is 5.82 Å². The number of carbonyl (C=O) groups excluding carboxylic acids is 2. The molecule has 1 heterocycles. The zero-order valence-electron chi connectivity index (χ0n) is 18.0. The van der Waals surface area contributed by atoms with E-state index in [-0.39, 0.29) is 17.1 Å². The monoisotopic (exact) mass is 510 g/mol. The Hall–Kier alpha value is -1.53. The van der Waals surface area contributed by atoms with E-state index in [1.54, 1.807) is 34.5 Å². The van der Waals surface area contributed by atoms with E-state index in [1.807, 2.05) is 4.90 Å². The lowest BCUT2D eigenvalue weighted by molar-refractivity contribution is -0.121. The molecule has 0 aliphatic rings. The fraction of sp³-hybridized carbons (Fsp3) is 0.667. The second-order valence-corrected chi connectivity index (χ2v) is 7.07. The van der Waals surface area contributed by atoms with Crippen LogP contribution < -0.4 is 20.9 Å². The minimum absolute atomic E-state index is 0.0290. The molecule has 0 bridgehead atoms. The van der Waals surface area contributed by atoms with Crippen LogP contribution in [0.1, 0.15) is 12.8 Å².